The van der Waals surface area contributed by atoms with Crippen molar-refractivity contribution >= 4 is 29.3 Å². The summed E-state index contributed by atoms with van der Waals surface area (Å²) in [5, 5.41) is 19.4. The molecule has 1 aliphatic carbocycles. The van der Waals surface area contributed by atoms with Crippen LogP contribution in [0.4, 0.5) is 0 Å². The number of carbonyl (C=O) groups is 4. The summed E-state index contributed by atoms with van der Waals surface area (Å²) in [4.78, 5) is 68.3. The number of methoxy groups -OCH3 is 1. The number of cyclic esters (lactones) is 1. The van der Waals surface area contributed by atoms with Gasteiger partial charge in [0.1, 0.15) is 29.8 Å². The lowest BCUT2D eigenvalue weighted by Crippen LogP contribution is -2.59. The Bertz CT molecular complexity index is 1630. The lowest BCUT2D eigenvalue weighted by Gasteiger charge is -2.47. The molecule has 1 saturated carbocycles. The molecule has 0 spiro atoms. The Morgan fingerprint density at radius 1 is 1.04 bits per heavy atom. The van der Waals surface area contributed by atoms with Crippen molar-refractivity contribution in [3.63, 3.8) is 0 Å². The van der Waals surface area contributed by atoms with Crippen molar-refractivity contribution in [2.24, 2.45) is 46.4 Å². The number of aliphatic hydroxyl groups is 1. The smallest absolute Gasteiger partial charge is 0.317 e. The number of rotatable bonds is 10. The predicted octanol–water partition coefficient (Wildman–Crippen LogP) is 2.91. The molecule has 56 heavy (non-hydrogen) atoms. The molecule has 17 heteroatoms. The molecule has 0 bridgehead atoms. The Hall–Kier alpha value is -3.51. The maximum Gasteiger partial charge on any atom is 0.317 e. The monoisotopic (exact) mass is 791 g/mol. The van der Waals surface area contributed by atoms with Gasteiger partial charge in [0.05, 0.1) is 17.8 Å². The van der Waals surface area contributed by atoms with Crippen LogP contribution in [0, 0.1) is 35.5 Å². The Morgan fingerprint density at radius 3 is 2.32 bits per heavy atom. The number of Topliss-reactive ketones (excluding diaryl/α,β-unsaturated/α-hetero) is 2. The second-order valence-electron chi connectivity index (χ2n) is 16.9. The van der Waals surface area contributed by atoms with Gasteiger partial charge >= 0.3 is 11.9 Å². The van der Waals surface area contributed by atoms with Gasteiger partial charge in [0.15, 0.2) is 35.9 Å². The van der Waals surface area contributed by atoms with Gasteiger partial charge in [-0.05, 0) is 73.9 Å². The highest BCUT2D eigenvalue weighted by Crippen LogP contribution is 2.48. The average Bonchev–Trinajstić information content (AvgIpc) is 3.83. The zero-order valence-electron chi connectivity index (χ0n) is 34.6. The Balaban J connectivity index is 1.50. The minimum absolute atomic E-state index is 0.0586. The average molecular weight is 792 g/mol. The van der Waals surface area contributed by atoms with Gasteiger partial charge in [0, 0.05) is 42.7 Å². The van der Waals surface area contributed by atoms with Gasteiger partial charge in [0.25, 0.3) is 5.89 Å². The summed E-state index contributed by atoms with van der Waals surface area (Å²) in [6.45, 7) is 13.3. The first-order chi connectivity index (χ1) is 26.3. The molecule has 14 atom stereocenters. The normalized spacial score (nSPS) is 40.6. The molecule has 0 aromatic carbocycles. The summed E-state index contributed by atoms with van der Waals surface area (Å²) in [6.07, 6.45) is -1.92. The molecule has 0 amide bonds. The van der Waals surface area contributed by atoms with Gasteiger partial charge in [0.2, 0.25) is 0 Å². The van der Waals surface area contributed by atoms with Crippen LogP contribution in [0.1, 0.15) is 105 Å². The van der Waals surface area contributed by atoms with Crippen LogP contribution in [0.25, 0.3) is 0 Å². The minimum Gasteiger partial charge on any atom is -0.458 e. The number of amidine groups is 1. The first-order valence-corrected chi connectivity index (χ1v) is 19.8. The number of esters is 2. The number of nitrogens with two attached hydrogens (primary N) is 1. The van der Waals surface area contributed by atoms with Crippen molar-refractivity contribution in [1.82, 2.24) is 15.0 Å². The van der Waals surface area contributed by atoms with E-state index in [1.807, 2.05) is 25.9 Å². The third-order valence-corrected chi connectivity index (χ3v) is 12.5. The Kier molecular flexibility index (Phi) is 13.4. The number of ketones is 2. The maximum absolute atomic E-state index is 14.7. The van der Waals surface area contributed by atoms with Crippen molar-refractivity contribution in [3.8, 4) is 0 Å². The lowest BCUT2D eigenvalue weighted by atomic mass is 9.67. The van der Waals surface area contributed by atoms with E-state index >= 15 is 0 Å². The Labute approximate surface area is 328 Å². The van der Waals surface area contributed by atoms with Crippen LogP contribution in [0.5, 0.6) is 0 Å². The van der Waals surface area contributed by atoms with E-state index in [0.717, 1.165) is 12.8 Å². The van der Waals surface area contributed by atoms with Gasteiger partial charge in [-0.3, -0.25) is 19.2 Å². The topological polar surface area (TPSA) is 224 Å². The second kappa shape index (κ2) is 17.1. The number of oxime groups is 1. The lowest BCUT2D eigenvalue weighted by molar-refractivity contribution is -0.295. The van der Waals surface area contributed by atoms with Crippen molar-refractivity contribution in [2.75, 3.05) is 21.2 Å². The van der Waals surface area contributed by atoms with Gasteiger partial charge in [-0.25, -0.2) is 0 Å². The molecule has 17 nitrogen and oxygen atoms in total. The zero-order valence-corrected chi connectivity index (χ0v) is 34.6. The highest BCUT2D eigenvalue weighted by Gasteiger charge is 2.62. The molecule has 4 fully saturated rings. The van der Waals surface area contributed by atoms with Crippen molar-refractivity contribution < 1.29 is 57.3 Å². The summed E-state index contributed by atoms with van der Waals surface area (Å²) in [5.74, 6) is -7.74. The number of likely N-dealkylation sites (N-methyl/N-ethyl adjacent to an activating group) is 1. The van der Waals surface area contributed by atoms with Crippen LogP contribution in [0.2, 0.25) is 0 Å². The molecule has 3 aliphatic heterocycles. The molecule has 1 aromatic rings. The fraction of sp³-hybridized carbons (Fsp3) is 0.821. The number of ether oxygens (including phenoxy) is 5. The molecule has 314 valence electrons. The number of fused-ring (bicyclic) bond motifs is 1. The number of hydrogen-bond acceptors (Lipinski definition) is 16. The second-order valence-corrected chi connectivity index (χ2v) is 16.9. The molecular weight excluding hydrogens is 730 g/mol. The van der Waals surface area contributed by atoms with Gasteiger partial charge in [-0.2, -0.15) is 4.98 Å². The van der Waals surface area contributed by atoms with Crippen LogP contribution in [0.3, 0.4) is 0 Å². The standard InChI is InChI=1S/C39H61N5O12/c1-12-25-39(8)28(27(36(49)55-39)33(40)42-51-17-26-41-34(43-56-26)23-13-14-23)20(4)29(45)18(2)16-38(7,50-11)32(21(5)30(46)22(6)35(48)53-25)54-37-31(47)24(44(9)10)15-19(3)52-37/h18-25,27-28,31-32,37,47H,12-17H2,1-11H3,(H2,40,42)/t18-,19?,20-,21+,22-,24?,25-,27?,28?,31?,32-,37?,38+,39-/m1/s1. The highest BCUT2D eigenvalue weighted by molar-refractivity contribution is 6.03. The summed E-state index contributed by atoms with van der Waals surface area (Å²) in [7, 11) is 5.16. The summed E-state index contributed by atoms with van der Waals surface area (Å²) in [5.41, 5.74) is 3.59. The fourth-order valence-electron chi connectivity index (χ4n) is 9.00. The number of aromatic nitrogens is 2. The highest BCUT2D eigenvalue weighted by atomic mass is 16.7. The largest absolute Gasteiger partial charge is 0.458 e. The molecule has 1 aromatic heterocycles. The van der Waals surface area contributed by atoms with Gasteiger partial charge in [-0.15, -0.1) is 0 Å². The fourth-order valence-corrected chi connectivity index (χ4v) is 9.00. The maximum atomic E-state index is 14.7. The third-order valence-electron chi connectivity index (χ3n) is 12.5. The molecule has 3 saturated heterocycles. The van der Waals surface area contributed by atoms with E-state index in [2.05, 4.69) is 15.3 Å². The van der Waals surface area contributed by atoms with E-state index in [1.165, 1.54) is 14.0 Å². The van der Waals surface area contributed by atoms with E-state index in [4.69, 9.17) is 38.8 Å². The van der Waals surface area contributed by atoms with Crippen molar-refractivity contribution in [3.05, 3.63) is 11.7 Å². The van der Waals surface area contributed by atoms with Crippen LogP contribution < -0.4 is 5.73 Å². The van der Waals surface area contributed by atoms with Crippen LogP contribution in [0.15, 0.2) is 9.68 Å². The summed E-state index contributed by atoms with van der Waals surface area (Å²) < 4.78 is 36.2. The quantitative estimate of drug-likeness (QED) is 0.114. The van der Waals surface area contributed by atoms with E-state index < -0.39 is 89.0 Å². The number of aliphatic hydroxyl groups excluding tert-OH is 1. The molecule has 0 radical (unpaired) electrons. The molecule has 5 rings (SSSR count). The first kappa shape index (κ1) is 43.6. The van der Waals surface area contributed by atoms with E-state index in [0.29, 0.717) is 12.2 Å². The zero-order chi connectivity index (χ0) is 41.4. The van der Waals surface area contributed by atoms with Crippen LogP contribution >= 0.6 is 0 Å². The van der Waals surface area contributed by atoms with E-state index in [-0.39, 0.29) is 55.0 Å². The third kappa shape index (κ3) is 8.66. The molecule has 4 aliphatic rings. The van der Waals surface area contributed by atoms with E-state index in [9.17, 15) is 24.3 Å². The Morgan fingerprint density at radius 2 is 1.71 bits per heavy atom. The number of carbonyl (C=O) groups excluding carboxylic acids is 4. The van der Waals surface area contributed by atoms with Crippen molar-refractivity contribution in [2.45, 2.75) is 148 Å². The van der Waals surface area contributed by atoms with Crippen molar-refractivity contribution in [1.29, 1.82) is 0 Å². The molecule has 6 unspecified atom stereocenters. The molecule has 4 heterocycles. The predicted molar refractivity (Wildman–Crippen MR) is 198 cm³/mol. The molecular formula is C39H61N5O12. The minimum atomic E-state index is -1.56. The van der Waals surface area contributed by atoms with Crippen LogP contribution in [-0.2, 0) is 54.3 Å². The SMILES string of the molecule is CC[C@H]1OC(=O)[C@H](C)C(=O)[C@H](C)[C@@H](OC2OC(C)CC(N(C)C)C2O)[C@@](C)(OC)C[C@@H](C)C(=O)[C@H](C)C2C(/C(N)=N\OCc3nc(C4CC4)no3)C(=O)O[C@@]21C. The van der Waals surface area contributed by atoms with Gasteiger partial charge < -0.3 is 48.8 Å². The molecule has 3 N–H and O–H groups in total. The number of nitrogens with zero attached hydrogens (tertiary/aromatic N) is 4. The summed E-state index contributed by atoms with van der Waals surface area (Å²) >= 11 is 0. The van der Waals surface area contributed by atoms with Crippen LogP contribution in [-0.4, -0.2) is 119 Å². The van der Waals surface area contributed by atoms with Gasteiger partial charge in [-0.1, -0.05) is 38.0 Å². The van der Waals surface area contributed by atoms with E-state index in [1.54, 1.807) is 41.5 Å². The summed E-state index contributed by atoms with van der Waals surface area (Å²) in [6, 6.07) is -0.303. The first-order valence-electron chi connectivity index (χ1n) is 19.8. The number of hydrogen-bond donors (Lipinski definition) is 2.